The van der Waals surface area contributed by atoms with Crippen LogP contribution in [0.4, 0.5) is 0 Å². The minimum absolute atomic E-state index is 0.0616. The summed E-state index contributed by atoms with van der Waals surface area (Å²) in [6.45, 7) is 3.54. The molecule has 2 aliphatic heterocycles. The second-order valence-corrected chi connectivity index (χ2v) is 18.7. The highest BCUT2D eigenvalue weighted by Gasteiger charge is 2.47. The van der Waals surface area contributed by atoms with E-state index < -0.39 is 80.7 Å². The number of hydrogen-bond acceptors (Lipinski definition) is 14. The summed E-state index contributed by atoms with van der Waals surface area (Å²) in [7, 11) is 0. The maximum Gasteiger partial charge on any atom is 0.306 e. The molecule has 2 heterocycles. The van der Waals surface area contributed by atoms with Crippen LogP contribution in [0.25, 0.3) is 0 Å². The first kappa shape index (κ1) is 62.1. The molecule has 2 fully saturated rings. The molecule has 0 aromatic carbocycles. The Kier molecular flexibility index (Phi) is 37.9. The standard InChI is InChI=1S/C54H96O14/c1-3-5-7-9-11-13-14-15-16-17-18-19-20-21-22-23-24-25-26-27-28-29-30-32-34-36-38-63-40-43(66-46(56)37-35-33-31-12-10-8-6-4-2)41-64-53-52(62)50(60)48(58)45(68-53)42-65-54-51(61)49(59)47(57)44(39-55)67-54/h5,7,11,13,15-16,18-19,43-45,47-55,57-62H,3-4,6,8-10,12,14,17,20-42H2,1-2H3/b7-5-,13-11-,16-15-,19-18-. The Hall–Kier alpha value is -2.05. The minimum atomic E-state index is -1.70. The summed E-state index contributed by atoms with van der Waals surface area (Å²) < 4.78 is 34.2. The molecule has 11 atom stereocenters. The molecule has 2 aliphatic rings. The zero-order valence-electron chi connectivity index (χ0n) is 42.1. The molecular formula is C54H96O14. The van der Waals surface area contributed by atoms with E-state index in [-0.39, 0.29) is 25.6 Å². The van der Waals surface area contributed by atoms with Gasteiger partial charge in [0.2, 0.25) is 0 Å². The van der Waals surface area contributed by atoms with Crippen LogP contribution in [0.1, 0.15) is 187 Å². The molecule has 0 aromatic heterocycles. The number of carbonyl (C=O) groups is 1. The molecule has 68 heavy (non-hydrogen) atoms. The Bertz CT molecular complexity index is 1310. The lowest BCUT2D eigenvalue weighted by Gasteiger charge is -2.42. The molecule has 0 radical (unpaired) electrons. The van der Waals surface area contributed by atoms with Crippen LogP contribution in [0.15, 0.2) is 48.6 Å². The highest BCUT2D eigenvalue weighted by molar-refractivity contribution is 5.69. The van der Waals surface area contributed by atoms with Crippen molar-refractivity contribution in [1.29, 1.82) is 0 Å². The van der Waals surface area contributed by atoms with Gasteiger partial charge in [0.15, 0.2) is 12.6 Å². The molecule has 396 valence electrons. The SMILES string of the molecule is CC/C=C\C/C=C\C/C=C\C/C=C\CCCCCCCCCCCCCCCOCC(COC1OC(COC2OC(CO)C(O)C(O)C2O)C(O)C(O)C1O)OC(=O)CCCCCCCCCC. The lowest BCUT2D eigenvalue weighted by molar-refractivity contribution is -0.332. The molecule has 0 aliphatic carbocycles. The van der Waals surface area contributed by atoms with Crippen LogP contribution in [0, 0.1) is 0 Å². The quantitative estimate of drug-likeness (QED) is 0.0174. The molecule has 0 amide bonds. The Morgan fingerprint density at radius 3 is 1.50 bits per heavy atom. The number of ether oxygens (including phenoxy) is 6. The van der Waals surface area contributed by atoms with Crippen molar-refractivity contribution >= 4 is 5.97 Å². The van der Waals surface area contributed by atoms with Crippen LogP contribution in [0.2, 0.25) is 0 Å². The summed E-state index contributed by atoms with van der Waals surface area (Å²) in [5.74, 6) is -0.381. The molecule has 2 rings (SSSR count). The maximum atomic E-state index is 12.9. The van der Waals surface area contributed by atoms with Gasteiger partial charge in [-0.2, -0.15) is 0 Å². The van der Waals surface area contributed by atoms with Gasteiger partial charge in [-0.3, -0.25) is 4.79 Å². The Labute approximate surface area is 410 Å². The third kappa shape index (κ3) is 28.7. The number of carbonyl (C=O) groups excluding carboxylic acids is 1. The smallest absolute Gasteiger partial charge is 0.306 e. The van der Waals surface area contributed by atoms with Crippen molar-refractivity contribution < 1.29 is 69.0 Å². The number of aliphatic hydroxyl groups is 7. The summed E-state index contributed by atoms with van der Waals surface area (Å²) in [6.07, 6.45) is 32.0. The topological polar surface area (TPSA) is 214 Å². The van der Waals surface area contributed by atoms with Gasteiger partial charge in [-0.15, -0.1) is 0 Å². The van der Waals surface area contributed by atoms with Gasteiger partial charge >= 0.3 is 5.97 Å². The number of rotatable bonds is 42. The van der Waals surface area contributed by atoms with Crippen LogP contribution >= 0.6 is 0 Å². The summed E-state index contributed by atoms with van der Waals surface area (Å²) in [4.78, 5) is 12.9. The molecule has 0 saturated carbocycles. The van der Waals surface area contributed by atoms with Gasteiger partial charge < -0.3 is 64.2 Å². The molecule has 0 spiro atoms. The predicted molar refractivity (Wildman–Crippen MR) is 266 cm³/mol. The van der Waals surface area contributed by atoms with E-state index in [0.29, 0.717) is 13.0 Å². The molecular weight excluding hydrogens is 873 g/mol. The summed E-state index contributed by atoms with van der Waals surface area (Å²) in [6, 6.07) is 0. The van der Waals surface area contributed by atoms with E-state index in [2.05, 4.69) is 62.5 Å². The van der Waals surface area contributed by atoms with Gasteiger partial charge in [-0.1, -0.05) is 178 Å². The predicted octanol–water partition coefficient (Wildman–Crippen LogP) is 8.35. The number of unbranched alkanes of at least 4 members (excludes halogenated alkanes) is 20. The lowest BCUT2D eigenvalue weighted by atomic mass is 9.98. The molecule has 7 N–H and O–H groups in total. The molecule has 11 unspecified atom stereocenters. The van der Waals surface area contributed by atoms with Gasteiger partial charge in [0.1, 0.15) is 54.9 Å². The van der Waals surface area contributed by atoms with Crippen molar-refractivity contribution in [3.63, 3.8) is 0 Å². The number of hydrogen-bond donors (Lipinski definition) is 7. The molecule has 0 bridgehead atoms. The first-order chi connectivity index (χ1) is 33.1. The van der Waals surface area contributed by atoms with Gasteiger partial charge in [-0.25, -0.2) is 0 Å². The fraction of sp³-hybridized carbons (Fsp3) is 0.833. The van der Waals surface area contributed by atoms with Crippen molar-refractivity contribution in [2.75, 3.05) is 33.0 Å². The van der Waals surface area contributed by atoms with E-state index in [9.17, 15) is 40.5 Å². The monoisotopic (exact) mass is 969 g/mol. The summed E-state index contributed by atoms with van der Waals surface area (Å²) >= 11 is 0. The van der Waals surface area contributed by atoms with Crippen LogP contribution in [-0.4, -0.2) is 142 Å². The zero-order valence-corrected chi connectivity index (χ0v) is 42.1. The van der Waals surface area contributed by atoms with Gasteiger partial charge in [0, 0.05) is 13.0 Å². The lowest BCUT2D eigenvalue weighted by Crippen LogP contribution is -2.61. The van der Waals surface area contributed by atoms with Gasteiger partial charge in [0.25, 0.3) is 0 Å². The fourth-order valence-corrected chi connectivity index (χ4v) is 8.28. The molecule has 0 aromatic rings. The zero-order chi connectivity index (χ0) is 49.5. The Morgan fingerprint density at radius 1 is 0.500 bits per heavy atom. The highest BCUT2D eigenvalue weighted by atomic mass is 16.7. The van der Waals surface area contributed by atoms with Crippen molar-refractivity contribution in [3.8, 4) is 0 Å². The van der Waals surface area contributed by atoms with Crippen LogP contribution in [0.5, 0.6) is 0 Å². The van der Waals surface area contributed by atoms with Crippen LogP contribution < -0.4 is 0 Å². The highest BCUT2D eigenvalue weighted by Crippen LogP contribution is 2.26. The number of aliphatic hydroxyl groups excluding tert-OH is 7. The van der Waals surface area contributed by atoms with E-state index in [1.165, 1.54) is 96.3 Å². The summed E-state index contributed by atoms with van der Waals surface area (Å²) in [5.41, 5.74) is 0. The maximum absolute atomic E-state index is 12.9. The van der Waals surface area contributed by atoms with E-state index >= 15 is 0 Å². The van der Waals surface area contributed by atoms with Crippen LogP contribution in [-0.2, 0) is 33.2 Å². The third-order valence-corrected chi connectivity index (χ3v) is 12.6. The average molecular weight is 969 g/mol. The van der Waals surface area contributed by atoms with Crippen molar-refractivity contribution in [3.05, 3.63) is 48.6 Å². The first-order valence-electron chi connectivity index (χ1n) is 26.7. The van der Waals surface area contributed by atoms with Gasteiger partial charge in [-0.05, 0) is 51.4 Å². The second-order valence-electron chi connectivity index (χ2n) is 18.7. The number of esters is 1. The molecule has 14 heteroatoms. The van der Waals surface area contributed by atoms with Crippen LogP contribution in [0.3, 0.4) is 0 Å². The van der Waals surface area contributed by atoms with Crippen molar-refractivity contribution in [2.45, 2.75) is 255 Å². The Morgan fingerprint density at radius 2 is 0.956 bits per heavy atom. The van der Waals surface area contributed by atoms with E-state index in [1.807, 2.05) is 0 Å². The normalized spacial score (nSPS) is 26.2. The van der Waals surface area contributed by atoms with Gasteiger partial charge in [0.05, 0.1) is 26.4 Å². The Balaban J connectivity index is 1.64. The second kappa shape index (κ2) is 41.6. The minimum Gasteiger partial charge on any atom is -0.457 e. The van der Waals surface area contributed by atoms with E-state index in [4.69, 9.17) is 28.4 Å². The fourth-order valence-electron chi connectivity index (χ4n) is 8.28. The van der Waals surface area contributed by atoms with E-state index in [0.717, 1.165) is 64.2 Å². The third-order valence-electron chi connectivity index (χ3n) is 12.6. The van der Waals surface area contributed by atoms with Crippen molar-refractivity contribution in [1.82, 2.24) is 0 Å². The van der Waals surface area contributed by atoms with E-state index in [1.54, 1.807) is 0 Å². The average Bonchev–Trinajstić information content (AvgIpc) is 3.34. The van der Waals surface area contributed by atoms with Crippen molar-refractivity contribution in [2.24, 2.45) is 0 Å². The summed E-state index contributed by atoms with van der Waals surface area (Å²) in [5, 5.41) is 72.0. The first-order valence-corrected chi connectivity index (χ1v) is 26.7. The number of allylic oxidation sites excluding steroid dienone is 8. The molecule has 14 nitrogen and oxygen atoms in total. The molecule has 2 saturated heterocycles. The largest absolute Gasteiger partial charge is 0.457 e.